The van der Waals surface area contributed by atoms with Gasteiger partial charge in [0.15, 0.2) is 0 Å². The zero-order valence-electron chi connectivity index (χ0n) is 12.6. The highest BCUT2D eigenvalue weighted by atomic mass is 16.2. The van der Waals surface area contributed by atoms with Crippen LogP contribution in [-0.4, -0.2) is 39.1 Å². The van der Waals surface area contributed by atoms with Gasteiger partial charge in [-0.15, -0.1) is 0 Å². The van der Waals surface area contributed by atoms with Crippen LogP contribution >= 0.6 is 0 Å². The Labute approximate surface area is 129 Å². The largest absolute Gasteiger partial charge is 0.364 e. The fraction of sp³-hybridized carbons (Fsp3) is 0.375. The quantitative estimate of drug-likeness (QED) is 0.934. The molecule has 0 aromatic carbocycles. The van der Waals surface area contributed by atoms with Crippen LogP contribution in [0.5, 0.6) is 0 Å². The predicted octanol–water partition coefficient (Wildman–Crippen LogP) is 1.97. The van der Waals surface area contributed by atoms with Gasteiger partial charge in [-0.25, -0.2) is 4.98 Å². The maximum Gasteiger partial charge on any atom is 0.255 e. The molecule has 1 N–H and O–H groups in total. The lowest BCUT2D eigenvalue weighted by Crippen LogP contribution is -2.28. The third-order valence-electron chi connectivity index (χ3n) is 3.80. The van der Waals surface area contributed by atoms with E-state index in [0.29, 0.717) is 18.0 Å². The molecule has 0 aliphatic carbocycles. The first-order chi connectivity index (χ1) is 10.7. The van der Waals surface area contributed by atoms with Crippen LogP contribution < -0.4 is 5.32 Å². The van der Waals surface area contributed by atoms with Crippen LogP contribution in [0.2, 0.25) is 0 Å². The highest BCUT2D eigenvalue weighted by Gasteiger charge is 2.24. The van der Waals surface area contributed by atoms with Crippen molar-refractivity contribution in [3.63, 3.8) is 0 Å². The number of nitrogens with one attached hydrogen (secondary N) is 1. The molecule has 0 radical (unpaired) electrons. The maximum absolute atomic E-state index is 12.3. The van der Waals surface area contributed by atoms with Crippen molar-refractivity contribution in [1.29, 1.82) is 0 Å². The molecule has 114 valence electrons. The lowest BCUT2D eigenvalue weighted by Gasteiger charge is -2.15. The van der Waals surface area contributed by atoms with Crippen LogP contribution in [0.1, 0.15) is 29.4 Å². The third-order valence-corrected chi connectivity index (χ3v) is 3.80. The van der Waals surface area contributed by atoms with E-state index in [1.807, 2.05) is 29.2 Å². The number of likely N-dealkylation sites (tertiary alicyclic amines) is 1. The molecule has 1 aliphatic rings. The summed E-state index contributed by atoms with van der Waals surface area (Å²) < 4.78 is 0. The van der Waals surface area contributed by atoms with Gasteiger partial charge in [-0.1, -0.05) is 6.92 Å². The minimum atomic E-state index is 0.0670. The number of carbonyl (C=O) groups excluding carboxylic acids is 1. The topological polar surface area (TPSA) is 71.0 Å². The van der Waals surface area contributed by atoms with Crippen LogP contribution in [0.15, 0.2) is 36.7 Å². The number of hydrogen-bond donors (Lipinski definition) is 1. The van der Waals surface area contributed by atoms with E-state index in [1.54, 1.807) is 12.4 Å². The summed E-state index contributed by atoms with van der Waals surface area (Å²) in [7, 11) is 0. The predicted molar refractivity (Wildman–Crippen MR) is 83.3 cm³/mol. The molecule has 1 saturated heterocycles. The van der Waals surface area contributed by atoms with Gasteiger partial charge in [0, 0.05) is 25.5 Å². The van der Waals surface area contributed by atoms with Crippen LogP contribution in [0.4, 0.5) is 5.82 Å². The fourth-order valence-electron chi connectivity index (χ4n) is 2.54. The Morgan fingerprint density at radius 2 is 2.32 bits per heavy atom. The summed E-state index contributed by atoms with van der Waals surface area (Å²) in [4.78, 5) is 18.5. The number of nitrogens with zero attached hydrogens (tertiary/aromatic N) is 4. The van der Waals surface area contributed by atoms with Crippen LogP contribution in [0.3, 0.4) is 0 Å². The molecule has 1 fully saturated rings. The summed E-state index contributed by atoms with van der Waals surface area (Å²) >= 11 is 0. The summed E-state index contributed by atoms with van der Waals surface area (Å²) in [6.45, 7) is 4.40. The van der Waals surface area contributed by atoms with Crippen molar-refractivity contribution >= 4 is 11.7 Å². The van der Waals surface area contributed by atoms with Crippen molar-refractivity contribution in [3.8, 4) is 0 Å². The second-order valence-corrected chi connectivity index (χ2v) is 5.65. The zero-order valence-corrected chi connectivity index (χ0v) is 12.6. The lowest BCUT2D eigenvalue weighted by atomic mass is 10.2. The summed E-state index contributed by atoms with van der Waals surface area (Å²) in [6.07, 6.45) is 4.35. The van der Waals surface area contributed by atoms with Crippen molar-refractivity contribution in [2.45, 2.75) is 19.9 Å². The first-order valence-electron chi connectivity index (χ1n) is 7.48. The van der Waals surface area contributed by atoms with Gasteiger partial charge in [0.2, 0.25) is 0 Å². The number of rotatable bonds is 4. The molecule has 3 heterocycles. The van der Waals surface area contributed by atoms with Crippen molar-refractivity contribution in [3.05, 3.63) is 47.9 Å². The monoisotopic (exact) mass is 297 g/mol. The van der Waals surface area contributed by atoms with E-state index in [9.17, 15) is 4.79 Å². The number of anilines is 1. The Morgan fingerprint density at radius 3 is 2.95 bits per heavy atom. The van der Waals surface area contributed by atoms with Crippen LogP contribution in [0.25, 0.3) is 0 Å². The molecule has 1 atom stereocenters. The third kappa shape index (κ3) is 3.39. The van der Waals surface area contributed by atoms with Gasteiger partial charge in [-0.2, -0.15) is 10.2 Å². The summed E-state index contributed by atoms with van der Waals surface area (Å²) in [5.41, 5.74) is 1.48. The SMILES string of the molecule is C[C@H]1CCN(C(=O)c2ccc(NCc3cccnn3)nc2)C1. The highest BCUT2D eigenvalue weighted by molar-refractivity contribution is 5.94. The van der Waals surface area contributed by atoms with Crippen molar-refractivity contribution < 1.29 is 4.79 Å². The molecule has 0 saturated carbocycles. The molecule has 6 nitrogen and oxygen atoms in total. The molecule has 6 heteroatoms. The molecule has 2 aromatic rings. The Hall–Kier alpha value is -2.50. The lowest BCUT2D eigenvalue weighted by molar-refractivity contribution is 0.0787. The molecule has 1 amide bonds. The average Bonchev–Trinajstić information content (AvgIpc) is 3.00. The van der Waals surface area contributed by atoms with Gasteiger partial charge in [-0.3, -0.25) is 4.79 Å². The van der Waals surface area contributed by atoms with Crippen molar-refractivity contribution in [2.24, 2.45) is 5.92 Å². The Kier molecular flexibility index (Phi) is 4.27. The number of aromatic nitrogens is 3. The second kappa shape index (κ2) is 6.51. The number of amides is 1. The normalized spacial score (nSPS) is 17.5. The molecule has 22 heavy (non-hydrogen) atoms. The van der Waals surface area contributed by atoms with Crippen LogP contribution in [-0.2, 0) is 6.54 Å². The van der Waals surface area contributed by atoms with Gasteiger partial charge in [0.1, 0.15) is 5.82 Å². The summed E-state index contributed by atoms with van der Waals surface area (Å²) in [6, 6.07) is 7.38. The van der Waals surface area contributed by atoms with E-state index in [1.165, 1.54) is 0 Å². The molecule has 0 bridgehead atoms. The average molecular weight is 297 g/mol. The highest BCUT2D eigenvalue weighted by Crippen LogP contribution is 2.18. The second-order valence-electron chi connectivity index (χ2n) is 5.65. The first-order valence-corrected chi connectivity index (χ1v) is 7.48. The minimum absolute atomic E-state index is 0.0670. The van der Waals surface area contributed by atoms with E-state index in [-0.39, 0.29) is 5.91 Å². The van der Waals surface area contributed by atoms with Gasteiger partial charge in [-0.05, 0) is 36.6 Å². The Balaban J connectivity index is 1.59. The Bertz CT molecular complexity index is 629. The smallest absolute Gasteiger partial charge is 0.255 e. The van der Waals surface area contributed by atoms with E-state index in [0.717, 1.165) is 31.0 Å². The zero-order chi connectivity index (χ0) is 15.4. The number of pyridine rings is 1. The molecule has 1 aliphatic heterocycles. The van der Waals surface area contributed by atoms with Crippen LogP contribution in [0, 0.1) is 5.92 Å². The molecular weight excluding hydrogens is 278 g/mol. The van der Waals surface area contributed by atoms with E-state index >= 15 is 0 Å². The number of hydrogen-bond acceptors (Lipinski definition) is 5. The van der Waals surface area contributed by atoms with Crippen molar-refractivity contribution in [2.75, 3.05) is 18.4 Å². The van der Waals surface area contributed by atoms with Gasteiger partial charge in [0.05, 0.1) is 17.8 Å². The summed E-state index contributed by atoms with van der Waals surface area (Å²) in [5.74, 6) is 1.37. The first kappa shape index (κ1) is 14.4. The van der Waals surface area contributed by atoms with E-state index < -0.39 is 0 Å². The van der Waals surface area contributed by atoms with Gasteiger partial charge < -0.3 is 10.2 Å². The van der Waals surface area contributed by atoms with E-state index in [4.69, 9.17) is 0 Å². The molecule has 0 unspecified atom stereocenters. The van der Waals surface area contributed by atoms with Crippen molar-refractivity contribution in [1.82, 2.24) is 20.1 Å². The number of carbonyl (C=O) groups is 1. The minimum Gasteiger partial charge on any atom is -0.364 e. The molecule has 0 spiro atoms. The standard InChI is InChI=1S/C16H19N5O/c1-12-6-8-21(11-12)16(22)13-4-5-15(17-9-13)18-10-14-3-2-7-19-20-14/h2-5,7,9,12H,6,8,10-11H2,1H3,(H,17,18)/t12-/m0/s1. The van der Waals surface area contributed by atoms with E-state index in [2.05, 4.69) is 27.4 Å². The van der Waals surface area contributed by atoms with Gasteiger partial charge in [0.25, 0.3) is 5.91 Å². The molecule has 2 aromatic heterocycles. The molecule has 3 rings (SSSR count). The maximum atomic E-state index is 12.3. The Morgan fingerprint density at radius 1 is 1.41 bits per heavy atom. The van der Waals surface area contributed by atoms with Gasteiger partial charge >= 0.3 is 0 Å². The fourth-order valence-corrected chi connectivity index (χ4v) is 2.54. The molecular formula is C16H19N5O. The summed E-state index contributed by atoms with van der Waals surface area (Å²) in [5, 5.41) is 11.0.